The molecule has 0 radical (unpaired) electrons. The van der Waals surface area contributed by atoms with Gasteiger partial charge < -0.3 is 4.90 Å². The molecule has 0 amide bonds. The molecule has 1 fully saturated rings. The third-order valence-corrected chi connectivity index (χ3v) is 7.46. The van der Waals surface area contributed by atoms with Gasteiger partial charge in [-0.2, -0.15) is 0 Å². The van der Waals surface area contributed by atoms with Crippen LogP contribution < -0.4 is 0 Å². The van der Waals surface area contributed by atoms with Crippen LogP contribution >= 0.6 is 0 Å². The number of unbranched alkanes of at least 4 members (excludes halogenated alkanes) is 15. The molecule has 0 aliphatic heterocycles. The summed E-state index contributed by atoms with van der Waals surface area (Å²) >= 11 is 0. The lowest BCUT2D eigenvalue weighted by Crippen LogP contribution is -2.23. The van der Waals surface area contributed by atoms with Crippen LogP contribution in [0.15, 0.2) is 0 Å². The average Bonchev–Trinajstić information content (AvgIpc) is 2.76. The number of hydrogen-bond donors (Lipinski definition) is 0. The molecule has 0 aromatic rings. The maximum Gasteiger partial charge on any atom is -0.00190 e. The molecule has 1 saturated carbocycles. The Kier molecular flexibility index (Phi) is 19.7. The Labute approximate surface area is 185 Å². The smallest absolute Gasteiger partial charge is 0.00190 e. The highest BCUT2D eigenvalue weighted by Crippen LogP contribution is 2.28. The van der Waals surface area contributed by atoms with E-state index in [4.69, 9.17) is 0 Å². The van der Waals surface area contributed by atoms with E-state index in [1.807, 2.05) is 0 Å². The van der Waals surface area contributed by atoms with Gasteiger partial charge in [0.2, 0.25) is 0 Å². The van der Waals surface area contributed by atoms with Gasteiger partial charge in [-0.05, 0) is 32.0 Å². The maximum atomic E-state index is 2.55. The number of nitrogens with zero attached hydrogens (tertiary/aromatic N) is 1. The molecule has 1 aliphatic carbocycles. The lowest BCUT2D eigenvalue weighted by molar-refractivity contribution is 0.295. The van der Waals surface area contributed by atoms with Crippen LogP contribution in [0.25, 0.3) is 0 Å². The minimum absolute atomic E-state index is 1.10. The molecule has 0 spiro atoms. The van der Waals surface area contributed by atoms with Crippen LogP contribution in [0.4, 0.5) is 0 Å². The van der Waals surface area contributed by atoms with Crippen LogP contribution in [0.5, 0.6) is 0 Å². The molecule has 0 bridgehead atoms. The van der Waals surface area contributed by atoms with Crippen LogP contribution in [-0.2, 0) is 0 Å². The summed E-state index contributed by atoms with van der Waals surface area (Å²) in [6, 6.07) is 0. The van der Waals surface area contributed by atoms with E-state index in [1.165, 1.54) is 161 Å². The first-order valence-corrected chi connectivity index (χ1v) is 14.1. The van der Waals surface area contributed by atoms with E-state index in [9.17, 15) is 0 Å². The molecular formula is C28H57N. The minimum Gasteiger partial charge on any atom is -0.304 e. The van der Waals surface area contributed by atoms with Gasteiger partial charge in [-0.3, -0.25) is 0 Å². The zero-order valence-electron chi connectivity index (χ0n) is 20.7. The summed E-state index contributed by atoms with van der Waals surface area (Å²) in [6.07, 6.45) is 32.9. The van der Waals surface area contributed by atoms with E-state index >= 15 is 0 Å². The molecule has 0 N–H and O–H groups in total. The van der Waals surface area contributed by atoms with Gasteiger partial charge >= 0.3 is 0 Å². The summed E-state index contributed by atoms with van der Waals surface area (Å²) in [5.41, 5.74) is 0. The van der Waals surface area contributed by atoms with Gasteiger partial charge in [-0.25, -0.2) is 0 Å². The van der Waals surface area contributed by atoms with Crippen molar-refractivity contribution in [3.63, 3.8) is 0 Å². The van der Waals surface area contributed by atoms with Gasteiger partial charge in [0.15, 0.2) is 0 Å². The average molecular weight is 408 g/mol. The van der Waals surface area contributed by atoms with Gasteiger partial charge in [0.05, 0.1) is 0 Å². The highest BCUT2D eigenvalue weighted by Gasteiger charge is 2.12. The molecule has 1 nitrogen and oxygen atoms in total. The Morgan fingerprint density at radius 3 is 1.28 bits per heavy atom. The van der Waals surface area contributed by atoms with E-state index < -0.39 is 0 Å². The molecule has 174 valence electrons. The third kappa shape index (κ3) is 17.3. The monoisotopic (exact) mass is 407 g/mol. The van der Waals surface area contributed by atoms with Crippen molar-refractivity contribution < 1.29 is 0 Å². The zero-order chi connectivity index (χ0) is 20.8. The highest BCUT2D eigenvalue weighted by atomic mass is 15.1. The van der Waals surface area contributed by atoms with Gasteiger partial charge in [0.1, 0.15) is 0 Å². The van der Waals surface area contributed by atoms with Gasteiger partial charge in [0, 0.05) is 0 Å². The molecule has 1 rings (SSSR count). The van der Waals surface area contributed by atoms with E-state index in [1.54, 1.807) is 0 Å². The zero-order valence-corrected chi connectivity index (χ0v) is 20.7. The Hall–Kier alpha value is -0.0400. The highest BCUT2D eigenvalue weighted by molar-refractivity contribution is 4.65. The molecule has 0 heterocycles. The number of rotatable bonds is 21. The van der Waals surface area contributed by atoms with Crippen molar-refractivity contribution in [3.8, 4) is 0 Å². The Morgan fingerprint density at radius 2 is 0.862 bits per heavy atom. The fraction of sp³-hybridized carbons (Fsp3) is 1.00. The van der Waals surface area contributed by atoms with Crippen molar-refractivity contribution in [1.82, 2.24) is 4.90 Å². The molecule has 1 heteroatoms. The summed E-state index contributed by atoms with van der Waals surface area (Å²) in [5, 5.41) is 0. The lowest BCUT2D eigenvalue weighted by atomic mass is 9.85. The fourth-order valence-electron chi connectivity index (χ4n) is 5.26. The Morgan fingerprint density at radius 1 is 0.483 bits per heavy atom. The van der Waals surface area contributed by atoms with E-state index in [0.29, 0.717) is 0 Å². The SMILES string of the molecule is CCN(CC)CCCCCCCCCCCCCCCCCCC1CCCCC1. The van der Waals surface area contributed by atoms with Gasteiger partial charge in [-0.15, -0.1) is 0 Å². The van der Waals surface area contributed by atoms with Crippen molar-refractivity contribution in [1.29, 1.82) is 0 Å². The lowest BCUT2D eigenvalue weighted by Gasteiger charge is -2.21. The predicted molar refractivity (Wildman–Crippen MR) is 133 cm³/mol. The van der Waals surface area contributed by atoms with Crippen LogP contribution in [-0.4, -0.2) is 24.5 Å². The summed E-state index contributed by atoms with van der Waals surface area (Å²) in [5.74, 6) is 1.10. The topological polar surface area (TPSA) is 3.24 Å². The van der Waals surface area contributed by atoms with E-state index in [2.05, 4.69) is 18.7 Å². The van der Waals surface area contributed by atoms with Crippen molar-refractivity contribution in [3.05, 3.63) is 0 Å². The Bertz CT molecular complexity index is 303. The quantitative estimate of drug-likeness (QED) is 0.171. The molecule has 0 unspecified atom stereocenters. The van der Waals surface area contributed by atoms with Crippen molar-refractivity contribution in [2.45, 2.75) is 155 Å². The summed E-state index contributed by atoms with van der Waals surface area (Å²) in [6.45, 7) is 8.31. The molecule has 0 aromatic carbocycles. The summed E-state index contributed by atoms with van der Waals surface area (Å²) in [7, 11) is 0. The standard InChI is InChI=1S/C28H57N/c1-3-29(4-2)27-23-18-16-14-12-10-8-6-5-7-9-11-13-15-17-20-24-28-25-21-19-22-26-28/h28H,3-27H2,1-2H3. The van der Waals surface area contributed by atoms with Gasteiger partial charge in [0.25, 0.3) is 0 Å². The number of hydrogen-bond acceptors (Lipinski definition) is 1. The maximum absolute atomic E-state index is 2.55. The molecular weight excluding hydrogens is 350 g/mol. The molecule has 0 atom stereocenters. The van der Waals surface area contributed by atoms with Crippen LogP contribution in [0, 0.1) is 5.92 Å². The molecule has 29 heavy (non-hydrogen) atoms. The predicted octanol–water partition coefficient (Wildman–Crippen LogP) is 9.54. The largest absolute Gasteiger partial charge is 0.304 e. The summed E-state index contributed by atoms with van der Waals surface area (Å²) in [4.78, 5) is 2.55. The molecule has 0 saturated heterocycles. The fourth-order valence-corrected chi connectivity index (χ4v) is 5.26. The van der Waals surface area contributed by atoms with Crippen molar-refractivity contribution in [2.24, 2.45) is 5.92 Å². The Balaban J connectivity index is 1.67. The molecule has 0 aromatic heterocycles. The second kappa shape index (κ2) is 21.2. The van der Waals surface area contributed by atoms with Crippen LogP contribution in [0.3, 0.4) is 0 Å². The second-order valence-electron chi connectivity index (χ2n) is 9.98. The summed E-state index contributed by atoms with van der Waals surface area (Å²) < 4.78 is 0. The normalized spacial score (nSPS) is 15.4. The first-order valence-electron chi connectivity index (χ1n) is 14.1. The second-order valence-corrected chi connectivity index (χ2v) is 9.98. The van der Waals surface area contributed by atoms with Crippen molar-refractivity contribution in [2.75, 3.05) is 19.6 Å². The van der Waals surface area contributed by atoms with Gasteiger partial charge in [-0.1, -0.05) is 149 Å². The van der Waals surface area contributed by atoms with E-state index in [0.717, 1.165) is 5.92 Å². The van der Waals surface area contributed by atoms with Crippen LogP contribution in [0.2, 0.25) is 0 Å². The van der Waals surface area contributed by atoms with Crippen molar-refractivity contribution >= 4 is 0 Å². The third-order valence-electron chi connectivity index (χ3n) is 7.46. The van der Waals surface area contributed by atoms with E-state index in [-0.39, 0.29) is 0 Å². The minimum atomic E-state index is 1.10. The molecule has 1 aliphatic rings. The first-order chi connectivity index (χ1) is 14.4. The van der Waals surface area contributed by atoms with Crippen LogP contribution in [0.1, 0.15) is 155 Å². The first kappa shape index (κ1) is 27.0.